The van der Waals surface area contributed by atoms with E-state index >= 15 is 0 Å². The van der Waals surface area contributed by atoms with Gasteiger partial charge in [-0.05, 0) is 26.7 Å². The Morgan fingerprint density at radius 2 is 1.68 bits per heavy atom. The molecule has 1 aliphatic heterocycles. The number of hydrogen-bond acceptors (Lipinski definition) is 3. The molecule has 1 saturated heterocycles. The van der Waals surface area contributed by atoms with Gasteiger partial charge in [0.15, 0.2) is 5.79 Å². The van der Waals surface area contributed by atoms with Crippen molar-refractivity contribution in [3.05, 3.63) is 25.3 Å². The van der Waals surface area contributed by atoms with Crippen LogP contribution in [0.1, 0.15) is 40.5 Å². The van der Waals surface area contributed by atoms with Gasteiger partial charge in [0.25, 0.3) is 0 Å². The van der Waals surface area contributed by atoms with E-state index in [1.165, 1.54) is 0 Å². The van der Waals surface area contributed by atoms with Crippen LogP contribution in [-0.2, 0) is 14.3 Å². The van der Waals surface area contributed by atoms with Crippen LogP contribution in [0.3, 0.4) is 0 Å². The molecule has 0 N–H and O–H groups in total. The van der Waals surface area contributed by atoms with Crippen molar-refractivity contribution in [2.45, 2.75) is 46.3 Å². The Morgan fingerprint density at radius 3 is 2.00 bits per heavy atom. The third-order valence-electron chi connectivity index (χ3n) is 3.49. The van der Waals surface area contributed by atoms with E-state index in [0.29, 0.717) is 5.92 Å². The summed E-state index contributed by atoms with van der Waals surface area (Å²) in [6.07, 6.45) is 5.42. The highest BCUT2D eigenvalue weighted by Gasteiger charge is 2.35. The molecule has 0 saturated carbocycles. The first kappa shape index (κ1) is 18.1. The standard InChI is InChI=1S/C9H16O2.C7H12O/c1-4-5-8(2)9(3)10-6-7-11-9;1-4-5-6(2)7(3)8/h4,8H,1,5-7H2,2-3H3;4,6H,1,5H2,2-3H3. The highest BCUT2D eigenvalue weighted by molar-refractivity contribution is 5.77. The van der Waals surface area contributed by atoms with Crippen LogP contribution in [-0.4, -0.2) is 24.8 Å². The van der Waals surface area contributed by atoms with Crippen LogP contribution in [0.25, 0.3) is 0 Å². The molecule has 0 aromatic carbocycles. The minimum Gasteiger partial charge on any atom is -0.348 e. The molecule has 1 heterocycles. The molecule has 0 aliphatic carbocycles. The van der Waals surface area contributed by atoms with Crippen LogP contribution in [0.2, 0.25) is 0 Å². The number of hydrogen-bond donors (Lipinski definition) is 0. The van der Waals surface area contributed by atoms with E-state index in [4.69, 9.17) is 9.47 Å². The zero-order valence-corrected chi connectivity index (χ0v) is 12.8. The summed E-state index contributed by atoms with van der Waals surface area (Å²) in [7, 11) is 0. The van der Waals surface area contributed by atoms with E-state index in [1.807, 2.05) is 19.9 Å². The van der Waals surface area contributed by atoms with Gasteiger partial charge >= 0.3 is 0 Å². The van der Waals surface area contributed by atoms with Crippen molar-refractivity contribution in [2.24, 2.45) is 11.8 Å². The molecule has 0 spiro atoms. The number of Topliss-reactive ketones (excluding diaryl/α,β-unsaturated/α-hetero) is 1. The first-order valence-corrected chi connectivity index (χ1v) is 6.87. The monoisotopic (exact) mass is 268 g/mol. The number of carbonyl (C=O) groups excluding carboxylic acids is 1. The SMILES string of the molecule is C=CCC(C)C(C)=O.C=CCC(C)C1(C)OCCO1. The molecule has 0 bridgehead atoms. The van der Waals surface area contributed by atoms with Crippen LogP contribution in [0.5, 0.6) is 0 Å². The van der Waals surface area contributed by atoms with Crippen LogP contribution in [0.4, 0.5) is 0 Å². The summed E-state index contributed by atoms with van der Waals surface area (Å²) in [5.74, 6) is 0.425. The second-order valence-electron chi connectivity index (χ2n) is 5.17. The Labute approximate surface area is 117 Å². The lowest BCUT2D eigenvalue weighted by Crippen LogP contribution is -2.33. The highest BCUT2D eigenvalue weighted by Crippen LogP contribution is 2.29. The third kappa shape index (κ3) is 6.69. The van der Waals surface area contributed by atoms with Gasteiger partial charge in [0, 0.05) is 11.8 Å². The highest BCUT2D eigenvalue weighted by atomic mass is 16.7. The Kier molecular flexibility index (Phi) is 8.61. The van der Waals surface area contributed by atoms with Crippen LogP contribution in [0.15, 0.2) is 25.3 Å². The number of ether oxygens (including phenoxy) is 2. The summed E-state index contributed by atoms with van der Waals surface area (Å²) in [4.78, 5) is 10.5. The third-order valence-corrected chi connectivity index (χ3v) is 3.49. The van der Waals surface area contributed by atoms with Crippen LogP contribution in [0, 0.1) is 11.8 Å². The van der Waals surface area contributed by atoms with Crippen molar-refractivity contribution >= 4 is 5.78 Å². The Balaban J connectivity index is 0.000000362. The molecule has 19 heavy (non-hydrogen) atoms. The smallest absolute Gasteiger partial charge is 0.168 e. The van der Waals surface area contributed by atoms with E-state index in [2.05, 4.69) is 20.1 Å². The minimum absolute atomic E-state index is 0.160. The molecule has 0 aromatic heterocycles. The summed E-state index contributed by atoms with van der Waals surface area (Å²) in [6, 6.07) is 0. The zero-order valence-electron chi connectivity index (χ0n) is 12.8. The van der Waals surface area contributed by atoms with Gasteiger partial charge in [-0.3, -0.25) is 4.79 Å². The number of carbonyl (C=O) groups is 1. The van der Waals surface area contributed by atoms with Gasteiger partial charge in [-0.2, -0.15) is 0 Å². The van der Waals surface area contributed by atoms with Gasteiger partial charge in [-0.15, -0.1) is 13.2 Å². The number of rotatable bonds is 6. The topological polar surface area (TPSA) is 35.5 Å². The van der Waals surface area contributed by atoms with Crippen molar-refractivity contribution < 1.29 is 14.3 Å². The minimum atomic E-state index is -0.367. The number of ketones is 1. The first-order chi connectivity index (χ1) is 8.87. The zero-order chi connectivity index (χ0) is 14.9. The maximum Gasteiger partial charge on any atom is 0.168 e. The predicted octanol–water partition coefficient (Wildman–Crippen LogP) is 3.75. The van der Waals surface area contributed by atoms with Crippen molar-refractivity contribution in [3.8, 4) is 0 Å². The molecule has 1 fully saturated rings. The van der Waals surface area contributed by atoms with Gasteiger partial charge in [0.1, 0.15) is 5.78 Å². The lowest BCUT2D eigenvalue weighted by molar-refractivity contribution is -0.176. The van der Waals surface area contributed by atoms with Gasteiger partial charge in [-0.25, -0.2) is 0 Å². The van der Waals surface area contributed by atoms with E-state index in [9.17, 15) is 4.79 Å². The van der Waals surface area contributed by atoms with E-state index in [0.717, 1.165) is 26.1 Å². The van der Waals surface area contributed by atoms with Gasteiger partial charge in [0.2, 0.25) is 0 Å². The van der Waals surface area contributed by atoms with Gasteiger partial charge in [-0.1, -0.05) is 26.0 Å². The van der Waals surface area contributed by atoms with Crippen molar-refractivity contribution in [2.75, 3.05) is 13.2 Å². The van der Waals surface area contributed by atoms with E-state index in [-0.39, 0.29) is 17.5 Å². The Hall–Kier alpha value is -0.930. The normalized spacial score (nSPS) is 19.8. The molecule has 0 amide bonds. The summed E-state index contributed by atoms with van der Waals surface area (Å²) in [5.41, 5.74) is 0. The second kappa shape index (κ2) is 9.05. The fourth-order valence-electron chi connectivity index (χ4n) is 1.69. The first-order valence-electron chi connectivity index (χ1n) is 6.87. The Morgan fingerprint density at radius 1 is 1.21 bits per heavy atom. The van der Waals surface area contributed by atoms with Crippen molar-refractivity contribution in [1.82, 2.24) is 0 Å². The van der Waals surface area contributed by atoms with E-state index in [1.54, 1.807) is 13.0 Å². The second-order valence-corrected chi connectivity index (χ2v) is 5.17. The predicted molar refractivity (Wildman–Crippen MR) is 78.9 cm³/mol. The largest absolute Gasteiger partial charge is 0.348 e. The quantitative estimate of drug-likeness (QED) is 0.688. The van der Waals surface area contributed by atoms with E-state index < -0.39 is 0 Å². The van der Waals surface area contributed by atoms with Crippen LogP contribution < -0.4 is 0 Å². The fourth-order valence-corrected chi connectivity index (χ4v) is 1.69. The molecule has 2 atom stereocenters. The molecular weight excluding hydrogens is 240 g/mol. The fraction of sp³-hybridized carbons (Fsp3) is 0.688. The maximum atomic E-state index is 10.5. The molecule has 1 rings (SSSR count). The average molecular weight is 268 g/mol. The number of allylic oxidation sites excluding steroid dienone is 2. The van der Waals surface area contributed by atoms with Gasteiger partial charge < -0.3 is 9.47 Å². The molecule has 110 valence electrons. The average Bonchev–Trinajstić information content (AvgIpc) is 2.79. The maximum absolute atomic E-state index is 10.5. The van der Waals surface area contributed by atoms with Crippen molar-refractivity contribution in [3.63, 3.8) is 0 Å². The molecule has 3 heteroatoms. The van der Waals surface area contributed by atoms with Gasteiger partial charge in [0.05, 0.1) is 13.2 Å². The molecular formula is C16H28O3. The molecule has 3 nitrogen and oxygen atoms in total. The Bertz CT molecular complexity index is 290. The molecule has 1 aliphatic rings. The van der Waals surface area contributed by atoms with Crippen LogP contribution >= 0.6 is 0 Å². The molecule has 2 unspecified atom stereocenters. The lowest BCUT2D eigenvalue weighted by Gasteiger charge is -2.28. The molecule has 0 radical (unpaired) electrons. The summed E-state index contributed by atoms with van der Waals surface area (Å²) >= 11 is 0. The van der Waals surface area contributed by atoms with Crippen molar-refractivity contribution in [1.29, 1.82) is 0 Å². The summed E-state index contributed by atoms with van der Waals surface area (Å²) in [5, 5.41) is 0. The summed E-state index contributed by atoms with van der Waals surface area (Å²) in [6.45, 7) is 16.3. The lowest BCUT2D eigenvalue weighted by atomic mass is 9.99. The molecule has 0 aromatic rings. The summed E-state index contributed by atoms with van der Waals surface area (Å²) < 4.78 is 11.0.